The lowest BCUT2D eigenvalue weighted by Gasteiger charge is -2.19. The van der Waals surface area contributed by atoms with E-state index >= 15 is 0 Å². The predicted octanol–water partition coefficient (Wildman–Crippen LogP) is 20.0. The first-order valence-electron chi connectivity index (χ1n) is 29.5. The molecule has 0 spiro atoms. The summed E-state index contributed by atoms with van der Waals surface area (Å²) in [4.78, 5) is 12.5. The summed E-state index contributed by atoms with van der Waals surface area (Å²) in [5, 5.41) is 23.1. The highest BCUT2D eigenvalue weighted by Gasteiger charge is 2.17. The largest absolute Gasteiger partial charge is 0.394 e. The summed E-state index contributed by atoms with van der Waals surface area (Å²) >= 11 is 0. The minimum Gasteiger partial charge on any atom is -0.394 e. The molecule has 0 aliphatic rings. The molecule has 0 aliphatic heterocycles. The van der Waals surface area contributed by atoms with Gasteiger partial charge in [0.15, 0.2) is 0 Å². The SMILES string of the molecule is CC/C=C\C/C=C\C/C=C\C/C=C\C/C=C\C/C=C\C/C=C\C/C=C\C/C=C\C/C=C\CCCCCCCCC(=O)NC(CO)C(O)/C=C/CC/C=C/CCCCCCCCCCCCCCCCCC. The quantitative estimate of drug-likeness (QED) is 0.0420. The Balaban J connectivity index is 3.68. The van der Waals surface area contributed by atoms with Gasteiger partial charge in [-0.2, -0.15) is 0 Å². The third-order valence-corrected chi connectivity index (χ3v) is 12.6. The molecule has 1 amide bonds. The smallest absolute Gasteiger partial charge is 0.220 e. The van der Waals surface area contributed by atoms with Gasteiger partial charge in [0, 0.05) is 6.42 Å². The van der Waals surface area contributed by atoms with E-state index in [9.17, 15) is 15.0 Å². The Morgan fingerprint density at radius 1 is 0.352 bits per heavy atom. The van der Waals surface area contributed by atoms with E-state index in [4.69, 9.17) is 0 Å². The topological polar surface area (TPSA) is 69.6 Å². The van der Waals surface area contributed by atoms with Gasteiger partial charge < -0.3 is 15.5 Å². The molecule has 2 atom stereocenters. The van der Waals surface area contributed by atoms with E-state index in [0.29, 0.717) is 6.42 Å². The van der Waals surface area contributed by atoms with Gasteiger partial charge in [-0.15, -0.1) is 0 Å². The molecule has 0 radical (unpaired) electrons. The summed E-state index contributed by atoms with van der Waals surface area (Å²) in [6.45, 7) is 4.18. The first-order chi connectivity index (χ1) is 35.2. The molecule has 0 saturated heterocycles. The van der Waals surface area contributed by atoms with Crippen molar-refractivity contribution in [2.75, 3.05) is 6.61 Å². The molecule has 0 rings (SSSR count). The van der Waals surface area contributed by atoms with E-state index in [2.05, 4.69) is 153 Å². The molecule has 2 unspecified atom stereocenters. The van der Waals surface area contributed by atoms with Gasteiger partial charge in [-0.25, -0.2) is 0 Å². The van der Waals surface area contributed by atoms with E-state index in [1.165, 1.54) is 122 Å². The highest BCUT2D eigenvalue weighted by molar-refractivity contribution is 5.76. The molecule has 0 heterocycles. The molecule has 0 saturated carbocycles. The molecule has 0 bridgehead atoms. The summed E-state index contributed by atoms with van der Waals surface area (Å²) in [7, 11) is 0. The van der Waals surface area contributed by atoms with Crippen LogP contribution in [0.1, 0.15) is 251 Å². The maximum absolute atomic E-state index is 12.5. The number of carbonyl (C=O) groups is 1. The van der Waals surface area contributed by atoms with Crippen LogP contribution in [0.2, 0.25) is 0 Å². The summed E-state index contributed by atoms with van der Waals surface area (Å²) in [5.41, 5.74) is 0. The van der Waals surface area contributed by atoms with Crippen molar-refractivity contribution in [3.8, 4) is 0 Å². The normalized spacial score (nSPS) is 13.9. The molecular weight excluding hydrogens is 867 g/mol. The third-order valence-electron chi connectivity index (χ3n) is 12.6. The summed E-state index contributed by atoms with van der Waals surface area (Å²) in [6.07, 6.45) is 95.8. The Morgan fingerprint density at radius 2 is 0.634 bits per heavy atom. The van der Waals surface area contributed by atoms with Crippen LogP contribution in [0.15, 0.2) is 146 Å². The zero-order chi connectivity index (χ0) is 51.3. The van der Waals surface area contributed by atoms with E-state index in [1.54, 1.807) is 6.08 Å². The highest BCUT2D eigenvalue weighted by Crippen LogP contribution is 2.15. The first-order valence-corrected chi connectivity index (χ1v) is 29.5. The van der Waals surface area contributed by atoms with Gasteiger partial charge >= 0.3 is 0 Å². The molecule has 0 aromatic carbocycles. The number of aliphatic hydroxyl groups excluding tert-OH is 2. The van der Waals surface area contributed by atoms with Crippen LogP contribution in [0.4, 0.5) is 0 Å². The van der Waals surface area contributed by atoms with E-state index in [-0.39, 0.29) is 12.5 Å². The highest BCUT2D eigenvalue weighted by atomic mass is 16.3. The van der Waals surface area contributed by atoms with Crippen molar-refractivity contribution in [3.63, 3.8) is 0 Å². The van der Waals surface area contributed by atoms with Gasteiger partial charge in [-0.05, 0) is 109 Å². The van der Waals surface area contributed by atoms with Crippen molar-refractivity contribution in [2.45, 2.75) is 264 Å². The Labute approximate surface area is 440 Å². The molecule has 71 heavy (non-hydrogen) atoms. The van der Waals surface area contributed by atoms with E-state index in [1.807, 2.05) is 6.08 Å². The van der Waals surface area contributed by atoms with Crippen LogP contribution in [0.5, 0.6) is 0 Å². The van der Waals surface area contributed by atoms with Gasteiger partial charge in [0.25, 0.3) is 0 Å². The van der Waals surface area contributed by atoms with Gasteiger partial charge in [0.2, 0.25) is 5.91 Å². The van der Waals surface area contributed by atoms with Gasteiger partial charge in [0.05, 0.1) is 18.8 Å². The molecule has 4 nitrogen and oxygen atoms in total. The van der Waals surface area contributed by atoms with Crippen molar-refractivity contribution < 1.29 is 15.0 Å². The average Bonchev–Trinajstić information content (AvgIpc) is 3.37. The lowest BCUT2D eigenvalue weighted by molar-refractivity contribution is -0.123. The number of allylic oxidation sites excluding steroid dienone is 23. The lowest BCUT2D eigenvalue weighted by Crippen LogP contribution is -2.45. The van der Waals surface area contributed by atoms with Crippen molar-refractivity contribution >= 4 is 5.91 Å². The number of nitrogens with one attached hydrogen (secondary N) is 1. The number of hydrogen-bond donors (Lipinski definition) is 3. The first kappa shape index (κ1) is 67.3. The zero-order valence-corrected chi connectivity index (χ0v) is 46.2. The van der Waals surface area contributed by atoms with Crippen LogP contribution in [0.25, 0.3) is 0 Å². The third kappa shape index (κ3) is 57.0. The molecular formula is C67H111NO3. The Hall–Kier alpha value is -3.73. The molecule has 0 aliphatic carbocycles. The monoisotopic (exact) mass is 978 g/mol. The molecule has 0 aromatic rings. The van der Waals surface area contributed by atoms with E-state index in [0.717, 1.165) is 109 Å². The number of amides is 1. The van der Waals surface area contributed by atoms with Gasteiger partial charge in [-0.3, -0.25) is 4.79 Å². The standard InChI is InChI=1S/C67H111NO3/c1-3-5-7-9-11-13-15-17-19-21-23-25-27-28-29-30-31-32-33-34-35-36-37-38-39-40-41-43-45-47-49-51-53-55-57-59-61-63-67(71)68-65(64-69)66(70)62-60-58-56-54-52-50-48-46-44-42-26-24-22-20-18-16-14-12-10-8-6-4-2/h5,7,11,13,17,19,23,25,28-29,31-32,34-35,37-38,40-41,45,47,52,54,60,62,65-66,69-70H,3-4,6,8-10,12,14-16,18,20-22,24,26-27,30,33,36,39,42-44,46,48-51,53,55-59,61,63-64H2,1-2H3,(H,68,71)/b7-5-,13-11-,19-17-,25-23-,29-28-,32-31-,35-34-,38-37-,41-40-,47-45-,54-52+,62-60+. The van der Waals surface area contributed by atoms with Crippen LogP contribution in [0.3, 0.4) is 0 Å². The van der Waals surface area contributed by atoms with Crippen molar-refractivity contribution in [1.82, 2.24) is 5.32 Å². The Morgan fingerprint density at radius 3 is 0.986 bits per heavy atom. The zero-order valence-electron chi connectivity index (χ0n) is 46.2. The van der Waals surface area contributed by atoms with Crippen LogP contribution in [0, 0.1) is 0 Å². The Bertz CT molecular complexity index is 1480. The average molecular weight is 979 g/mol. The lowest BCUT2D eigenvalue weighted by atomic mass is 10.0. The van der Waals surface area contributed by atoms with Crippen LogP contribution >= 0.6 is 0 Å². The number of rotatable bonds is 52. The van der Waals surface area contributed by atoms with Crippen molar-refractivity contribution in [2.24, 2.45) is 0 Å². The second-order valence-electron chi connectivity index (χ2n) is 19.3. The van der Waals surface area contributed by atoms with Crippen LogP contribution in [-0.4, -0.2) is 34.9 Å². The van der Waals surface area contributed by atoms with Crippen LogP contribution in [-0.2, 0) is 4.79 Å². The second-order valence-corrected chi connectivity index (χ2v) is 19.3. The van der Waals surface area contributed by atoms with Crippen LogP contribution < -0.4 is 5.32 Å². The molecule has 0 aromatic heterocycles. The number of hydrogen-bond acceptors (Lipinski definition) is 3. The fourth-order valence-electron chi connectivity index (χ4n) is 8.10. The molecule has 3 N–H and O–H groups in total. The second kappa shape index (κ2) is 60.6. The molecule has 402 valence electrons. The van der Waals surface area contributed by atoms with Crippen molar-refractivity contribution in [3.05, 3.63) is 146 Å². The number of carbonyl (C=O) groups excluding carboxylic acids is 1. The maximum Gasteiger partial charge on any atom is 0.220 e. The minimum absolute atomic E-state index is 0.0932. The number of aliphatic hydroxyl groups is 2. The fourth-order valence-corrected chi connectivity index (χ4v) is 8.10. The fraction of sp³-hybridized carbons (Fsp3) is 0.627. The Kier molecular flexibility index (Phi) is 57.4. The van der Waals surface area contributed by atoms with Gasteiger partial charge in [-0.1, -0.05) is 282 Å². The molecule has 0 fully saturated rings. The molecule has 4 heteroatoms. The van der Waals surface area contributed by atoms with Crippen molar-refractivity contribution in [1.29, 1.82) is 0 Å². The summed E-state index contributed by atoms with van der Waals surface area (Å²) in [6, 6.07) is -0.659. The van der Waals surface area contributed by atoms with Gasteiger partial charge in [0.1, 0.15) is 0 Å². The summed E-state index contributed by atoms with van der Waals surface area (Å²) in [5.74, 6) is -0.0932. The predicted molar refractivity (Wildman–Crippen MR) is 317 cm³/mol. The minimum atomic E-state index is -0.880. The maximum atomic E-state index is 12.5. The summed E-state index contributed by atoms with van der Waals surface area (Å²) < 4.78 is 0. The number of unbranched alkanes of at least 4 members (excludes halogenated alkanes) is 23. The van der Waals surface area contributed by atoms with E-state index < -0.39 is 12.1 Å².